The molecule has 0 saturated heterocycles. The number of carboxylic acids is 1. The van der Waals surface area contributed by atoms with Crippen molar-refractivity contribution < 1.29 is 9.90 Å². The van der Waals surface area contributed by atoms with Gasteiger partial charge in [-0.05, 0) is 32.1 Å². The maximum atomic E-state index is 10.4. The highest BCUT2D eigenvalue weighted by Crippen LogP contribution is 2.13. The minimum Gasteiger partial charge on any atom is -0.481 e. The maximum Gasteiger partial charge on any atom is 0.303 e. The van der Waals surface area contributed by atoms with Crippen LogP contribution < -0.4 is 0 Å². The van der Waals surface area contributed by atoms with Crippen molar-refractivity contribution in [2.75, 3.05) is 0 Å². The molecule has 0 fully saturated rings. The first-order valence-electron chi connectivity index (χ1n) is 12.8. The van der Waals surface area contributed by atoms with Gasteiger partial charge in [-0.15, -0.1) is 0 Å². The van der Waals surface area contributed by atoms with Gasteiger partial charge in [0.05, 0.1) is 0 Å². The molecule has 0 aromatic heterocycles. The van der Waals surface area contributed by atoms with Crippen LogP contribution in [0, 0.1) is 0 Å². The van der Waals surface area contributed by atoms with Crippen molar-refractivity contribution in [2.45, 2.75) is 142 Å². The minimum absolute atomic E-state index is 0.328. The molecule has 0 unspecified atom stereocenters. The van der Waals surface area contributed by atoms with Gasteiger partial charge in [0, 0.05) is 6.42 Å². The van der Waals surface area contributed by atoms with Crippen LogP contribution in [0.25, 0.3) is 0 Å². The van der Waals surface area contributed by atoms with Gasteiger partial charge in [0.15, 0.2) is 0 Å². The zero-order valence-corrected chi connectivity index (χ0v) is 19.5. The third kappa shape index (κ3) is 26.9. The van der Waals surface area contributed by atoms with Crippen LogP contribution in [0.4, 0.5) is 0 Å². The van der Waals surface area contributed by atoms with E-state index in [2.05, 4.69) is 31.2 Å². The van der Waals surface area contributed by atoms with Crippen LogP contribution >= 0.6 is 0 Å². The van der Waals surface area contributed by atoms with Crippen molar-refractivity contribution in [3.8, 4) is 0 Å². The molecule has 0 atom stereocenters. The van der Waals surface area contributed by atoms with Crippen molar-refractivity contribution in [3.63, 3.8) is 0 Å². The van der Waals surface area contributed by atoms with E-state index in [1.807, 2.05) is 0 Å². The molecule has 170 valence electrons. The summed E-state index contributed by atoms with van der Waals surface area (Å²) in [4.78, 5) is 10.4. The number of aliphatic carboxylic acids is 1. The largest absolute Gasteiger partial charge is 0.481 e. The van der Waals surface area contributed by atoms with Gasteiger partial charge in [-0.2, -0.15) is 0 Å². The van der Waals surface area contributed by atoms with Crippen LogP contribution in [0.3, 0.4) is 0 Å². The molecular formula is C27H50O2. The van der Waals surface area contributed by atoms with E-state index in [-0.39, 0.29) is 0 Å². The molecule has 0 aromatic carbocycles. The van der Waals surface area contributed by atoms with E-state index in [4.69, 9.17) is 5.11 Å². The molecule has 1 N–H and O–H groups in total. The number of carboxylic acid groups (broad SMARTS) is 1. The Morgan fingerprint density at radius 3 is 1.28 bits per heavy atom. The molecule has 2 nitrogen and oxygen atoms in total. The highest BCUT2D eigenvalue weighted by atomic mass is 16.4. The summed E-state index contributed by atoms with van der Waals surface area (Å²) in [5.41, 5.74) is 0. The standard InChI is InChI=1S/C27H50O2/c1-2-3-4-5-6-7-8-9-10-11-12-13-14-15-16-17-18-19-20-21-22-23-24-25-26-27(28)29/h15-18H,2-14,19-26H2,1H3,(H,28,29). The Hall–Kier alpha value is -1.05. The summed E-state index contributed by atoms with van der Waals surface area (Å²) in [6.07, 6.45) is 35.6. The lowest BCUT2D eigenvalue weighted by molar-refractivity contribution is -0.137. The third-order valence-electron chi connectivity index (χ3n) is 5.62. The van der Waals surface area contributed by atoms with Crippen molar-refractivity contribution in [1.29, 1.82) is 0 Å². The Morgan fingerprint density at radius 1 is 0.552 bits per heavy atom. The highest BCUT2D eigenvalue weighted by Gasteiger charge is 1.96. The predicted octanol–water partition coefficient (Wildman–Crippen LogP) is 9.40. The predicted molar refractivity (Wildman–Crippen MR) is 129 cm³/mol. The Labute approximate surface area is 182 Å². The highest BCUT2D eigenvalue weighted by molar-refractivity contribution is 5.66. The fraction of sp³-hybridized carbons (Fsp3) is 0.815. The molecule has 0 rings (SSSR count). The van der Waals surface area contributed by atoms with E-state index in [9.17, 15) is 4.79 Å². The smallest absolute Gasteiger partial charge is 0.303 e. The second-order valence-electron chi connectivity index (χ2n) is 8.59. The Balaban J connectivity index is 3.17. The van der Waals surface area contributed by atoms with E-state index in [1.165, 1.54) is 109 Å². The number of hydrogen-bond acceptors (Lipinski definition) is 1. The molecule has 0 aliphatic rings. The van der Waals surface area contributed by atoms with Crippen molar-refractivity contribution in [1.82, 2.24) is 0 Å². The van der Waals surface area contributed by atoms with Crippen LogP contribution in [-0.2, 0) is 4.79 Å². The van der Waals surface area contributed by atoms with Gasteiger partial charge in [0.25, 0.3) is 0 Å². The number of carbonyl (C=O) groups is 1. The van der Waals surface area contributed by atoms with Crippen LogP contribution in [0.2, 0.25) is 0 Å². The van der Waals surface area contributed by atoms with Gasteiger partial charge >= 0.3 is 5.97 Å². The van der Waals surface area contributed by atoms with Crippen LogP contribution in [-0.4, -0.2) is 11.1 Å². The fourth-order valence-corrected chi connectivity index (χ4v) is 3.70. The second kappa shape index (κ2) is 25.0. The zero-order chi connectivity index (χ0) is 21.3. The van der Waals surface area contributed by atoms with Crippen molar-refractivity contribution >= 4 is 5.97 Å². The fourth-order valence-electron chi connectivity index (χ4n) is 3.70. The van der Waals surface area contributed by atoms with Gasteiger partial charge in [-0.25, -0.2) is 0 Å². The lowest BCUT2D eigenvalue weighted by atomic mass is 10.0. The zero-order valence-electron chi connectivity index (χ0n) is 19.5. The van der Waals surface area contributed by atoms with E-state index < -0.39 is 5.97 Å². The van der Waals surface area contributed by atoms with Gasteiger partial charge in [0.1, 0.15) is 0 Å². The van der Waals surface area contributed by atoms with E-state index in [0.29, 0.717) is 6.42 Å². The Kier molecular flexibility index (Phi) is 24.1. The first kappa shape index (κ1) is 27.9. The second-order valence-corrected chi connectivity index (χ2v) is 8.59. The lowest BCUT2D eigenvalue weighted by Crippen LogP contribution is -1.93. The quantitative estimate of drug-likeness (QED) is 0.135. The van der Waals surface area contributed by atoms with Crippen LogP contribution in [0.15, 0.2) is 24.3 Å². The Morgan fingerprint density at radius 2 is 0.897 bits per heavy atom. The molecule has 0 aliphatic carbocycles. The van der Waals surface area contributed by atoms with Gasteiger partial charge in [0.2, 0.25) is 0 Å². The topological polar surface area (TPSA) is 37.3 Å². The molecule has 29 heavy (non-hydrogen) atoms. The first-order chi connectivity index (χ1) is 14.3. The minimum atomic E-state index is -0.665. The summed E-state index contributed by atoms with van der Waals surface area (Å²) in [5.74, 6) is -0.665. The molecule has 0 heterocycles. The molecule has 0 saturated carbocycles. The van der Waals surface area contributed by atoms with Gasteiger partial charge in [-0.1, -0.05) is 128 Å². The maximum absolute atomic E-state index is 10.4. The summed E-state index contributed by atoms with van der Waals surface area (Å²) in [5, 5.41) is 8.58. The summed E-state index contributed by atoms with van der Waals surface area (Å²) in [6, 6.07) is 0. The molecule has 0 aromatic rings. The molecule has 0 aliphatic heterocycles. The van der Waals surface area contributed by atoms with Gasteiger partial charge < -0.3 is 5.11 Å². The third-order valence-corrected chi connectivity index (χ3v) is 5.62. The molecule has 0 amide bonds. The normalized spacial score (nSPS) is 11.8. The summed E-state index contributed by atoms with van der Waals surface area (Å²) in [7, 11) is 0. The van der Waals surface area contributed by atoms with Crippen LogP contribution in [0.1, 0.15) is 142 Å². The number of rotatable bonds is 23. The van der Waals surface area contributed by atoms with E-state index in [0.717, 1.165) is 19.3 Å². The molecule has 0 bridgehead atoms. The average molecular weight is 407 g/mol. The lowest BCUT2D eigenvalue weighted by Gasteiger charge is -2.02. The summed E-state index contributed by atoms with van der Waals surface area (Å²) < 4.78 is 0. The van der Waals surface area contributed by atoms with Crippen LogP contribution in [0.5, 0.6) is 0 Å². The van der Waals surface area contributed by atoms with E-state index in [1.54, 1.807) is 0 Å². The summed E-state index contributed by atoms with van der Waals surface area (Å²) in [6.45, 7) is 2.29. The van der Waals surface area contributed by atoms with Gasteiger partial charge in [-0.3, -0.25) is 4.79 Å². The monoisotopic (exact) mass is 406 g/mol. The number of unbranched alkanes of at least 4 members (excludes halogenated alkanes) is 18. The molecular weight excluding hydrogens is 356 g/mol. The Bertz CT molecular complexity index is 384. The molecule has 2 heteroatoms. The van der Waals surface area contributed by atoms with Crippen molar-refractivity contribution in [2.24, 2.45) is 0 Å². The van der Waals surface area contributed by atoms with Crippen molar-refractivity contribution in [3.05, 3.63) is 24.3 Å². The molecule has 0 radical (unpaired) electrons. The van der Waals surface area contributed by atoms with E-state index >= 15 is 0 Å². The first-order valence-corrected chi connectivity index (χ1v) is 12.8. The summed E-state index contributed by atoms with van der Waals surface area (Å²) >= 11 is 0. The molecule has 0 spiro atoms. The number of hydrogen-bond donors (Lipinski definition) is 1. The average Bonchev–Trinajstić information content (AvgIpc) is 2.71. The SMILES string of the molecule is CCCCCCCCCCCCCCC=CC=CCCCCCCCCC(=O)O. The number of allylic oxidation sites excluding steroid dienone is 4.